The Morgan fingerprint density at radius 2 is 1.96 bits per heavy atom. The highest BCUT2D eigenvalue weighted by Gasteiger charge is 2.48. The van der Waals surface area contributed by atoms with Crippen LogP contribution in [0, 0.1) is 11.8 Å². The van der Waals surface area contributed by atoms with Crippen molar-refractivity contribution in [2.75, 3.05) is 20.3 Å². The van der Waals surface area contributed by atoms with Crippen LogP contribution in [-0.2, 0) is 23.9 Å². The molecular formula is C18H23NO5. The standard InChI is InChI=1S/C18H23NO5/c1-4-24-15(20)10-14-11-19(17(21)16(14)18(22)23-3)12(2)13-8-6-5-7-9-13/h5-9,12,14,16H,4,10-11H2,1-3H3/t12-,14+,16-/m1/s1. The van der Waals surface area contributed by atoms with E-state index in [4.69, 9.17) is 9.47 Å². The second-order valence-electron chi connectivity index (χ2n) is 5.85. The number of hydrogen-bond donors (Lipinski definition) is 0. The molecule has 6 nitrogen and oxygen atoms in total. The van der Waals surface area contributed by atoms with Crippen LogP contribution < -0.4 is 0 Å². The zero-order valence-electron chi connectivity index (χ0n) is 14.2. The fourth-order valence-corrected chi connectivity index (χ4v) is 3.13. The van der Waals surface area contributed by atoms with E-state index in [0.717, 1.165) is 5.56 Å². The monoisotopic (exact) mass is 333 g/mol. The van der Waals surface area contributed by atoms with Gasteiger partial charge < -0.3 is 14.4 Å². The number of benzene rings is 1. The predicted octanol–water partition coefficient (Wildman–Crippen LogP) is 1.95. The highest BCUT2D eigenvalue weighted by molar-refractivity contribution is 6.00. The van der Waals surface area contributed by atoms with Crippen LogP contribution in [0.3, 0.4) is 0 Å². The summed E-state index contributed by atoms with van der Waals surface area (Å²) in [6, 6.07) is 9.40. The van der Waals surface area contributed by atoms with Crippen molar-refractivity contribution in [3.63, 3.8) is 0 Å². The lowest BCUT2D eigenvalue weighted by Gasteiger charge is -2.25. The third-order valence-corrected chi connectivity index (χ3v) is 4.39. The molecule has 0 bridgehead atoms. The van der Waals surface area contributed by atoms with Gasteiger partial charge in [-0.2, -0.15) is 0 Å². The van der Waals surface area contributed by atoms with Gasteiger partial charge in [0.15, 0.2) is 0 Å². The molecule has 1 aromatic carbocycles. The van der Waals surface area contributed by atoms with E-state index in [9.17, 15) is 14.4 Å². The first-order valence-corrected chi connectivity index (χ1v) is 8.08. The maximum absolute atomic E-state index is 12.7. The first-order valence-electron chi connectivity index (χ1n) is 8.08. The highest BCUT2D eigenvalue weighted by Crippen LogP contribution is 2.34. The first-order chi connectivity index (χ1) is 11.5. The van der Waals surface area contributed by atoms with Gasteiger partial charge in [0.2, 0.25) is 5.91 Å². The molecule has 130 valence electrons. The van der Waals surface area contributed by atoms with E-state index >= 15 is 0 Å². The van der Waals surface area contributed by atoms with Crippen LogP contribution in [0.4, 0.5) is 0 Å². The maximum atomic E-state index is 12.7. The van der Waals surface area contributed by atoms with Gasteiger partial charge in [-0.15, -0.1) is 0 Å². The van der Waals surface area contributed by atoms with Gasteiger partial charge in [-0.05, 0) is 19.4 Å². The molecule has 1 saturated heterocycles. The summed E-state index contributed by atoms with van der Waals surface area (Å²) < 4.78 is 9.73. The Kier molecular flexibility index (Phi) is 5.95. The third kappa shape index (κ3) is 3.75. The number of carbonyl (C=O) groups excluding carboxylic acids is 3. The van der Waals surface area contributed by atoms with E-state index in [-0.39, 0.29) is 25.0 Å². The number of hydrogen-bond acceptors (Lipinski definition) is 5. The van der Waals surface area contributed by atoms with Crippen molar-refractivity contribution in [1.29, 1.82) is 0 Å². The Labute approximate surface area is 141 Å². The van der Waals surface area contributed by atoms with Gasteiger partial charge >= 0.3 is 11.9 Å². The van der Waals surface area contributed by atoms with Crippen molar-refractivity contribution in [1.82, 2.24) is 4.90 Å². The molecule has 2 rings (SSSR count). The van der Waals surface area contributed by atoms with Gasteiger partial charge in [0.25, 0.3) is 0 Å². The van der Waals surface area contributed by atoms with Crippen molar-refractivity contribution in [2.24, 2.45) is 11.8 Å². The van der Waals surface area contributed by atoms with Gasteiger partial charge in [-0.1, -0.05) is 30.3 Å². The molecule has 0 unspecified atom stereocenters. The van der Waals surface area contributed by atoms with Crippen LogP contribution in [0.25, 0.3) is 0 Å². The first kappa shape index (κ1) is 18.0. The summed E-state index contributed by atoms with van der Waals surface area (Å²) >= 11 is 0. The lowest BCUT2D eigenvalue weighted by Crippen LogP contribution is -2.33. The predicted molar refractivity (Wildman–Crippen MR) is 86.8 cm³/mol. The Hall–Kier alpha value is -2.37. The normalized spacial score (nSPS) is 21.5. The quantitative estimate of drug-likeness (QED) is 0.588. The molecule has 0 N–H and O–H groups in total. The van der Waals surface area contributed by atoms with Crippen molar-refractivity contribution in [2.45, 2.75) is 26.3 Å². The van der Waals surface area contributed by atoms with Crippen LogP contribution in [0.5, 0.6) is 0 Å². The van der Waals surface area contributed by atoms with Gasteiger partial charge in [-0.3, -0.25) is 14.4 Å². The number of methoxy groups -OCH3 is 1. The number of esters is 2. The Balaban J connectivity index is 2.21. The molecular weight excluding hydrogens is 310 g/mol. The van der Waals surface area contributed by atoms with Crippen molar-refractivity contribution >= 4 is 17.8 Å². The zero-order chi connectivity index (χ0) is 17.7. The SMILES string of the molecule is CCOC(=O)C[C@H]1CN([C@H](C)c2ccccc2)C(=O)[C@@H]1C(=O)OC. The van der Waals surface area contributed by atoms with Crippen LogP contribution in [0.1, 0.15) is 31.9 Å². The molecule has 0 aromatic heterocycles. The summed E-state index contributed by atoms with van der Waals surface area (Å²) in [4.78, 5) is 38.2. The molecule has 1 aliphatic rings. The summed E-state index contributed by atoms with van der Waals surface area (Å²) in [7, 11) is 1.25. The summed E-state index contributed by atoms with van der Waals surface area (Å²) in [5.41, 5.74) is 0.978. The molecule has 1 aliphatic heterocycles. The largest absolute Gasteiger partial charge is 0.468 e. The van der Waals surface area contributed by atoms with Crippen molar-refractivity contribution in [3.05, 3.63) is 35.9 Å². The van der Waals surface area contributed by atoms with Crippen LogP contribution >= 0.6 is 0 Å². The molecule has 0 saturated carbocycles. The highest BCUT2D eigenvalue weighted by atomic mass is 16.5. The number of carbonyl (C=O) groups is 3. The molecule has 1 amide bonds. The van der Waals surface area contributed by atoms with E-state index in [2.05, 4.69) is 0 Å². The fourth-order valence-electron chi connectivity index (χ4n) is 3.13. The number of likely N-dealkylation sites (tertiary alicyclic amines) is 1. The lowest BCUT2D eigenvalue weighted by atomic mass is 9.92. The Morgan fingerprint density at radius 3 is 2.54 bits per heavy atom. The van der Waals surface area contributed by atoms with Gasteiger partial charge in [-0.25, -0.2) is 0 Å². The van der Waals surface area contributed by atoms with Gasteiger partial charge in [0, 0.05) is 12.5 Å². The molecule has 3 atom stereocenters. The molecule has 0 aliphatic carbocycles. The fraction of sp³-hybridized carbons (Fsp3) is 0.500. The third-order valence-electron chi connectivity index (χ3n) is 4.39. The average molecular weight is 333 g/mol. The molecule has 6 heteroatoms. The molecule has 0 spiro atoms. The number of ether oxygens (including phenoxy) is 2. The molecule has 1 aromatic rings. The summed E-state index contributed by atoms with van der Waals surface area (Å²) in [5, 5.41) is 0. The molecule has 24 heavy (non-hydrogen) atoms. The van der Waals surface area contributed by atoms with E-state index < -0.39 is 23.8 Å². The van der Waals surface area contributed by atoms with E-state index in [1.165, 1.54) is 7.11 Å². The van der Waals surface area contributed by atoms with Crippen LogP contribution in [-0.4, -0.2) is 43.0 Å². The Bertz CT molecular complexity index is 601. The van der Waals surface area contributed by atoms with Crippen LogP contribution in [0.15, 0.2) is 30.3 Å². The van der Waals surface area contributed by atoms with E-state index in [0.29, 0.717) is 6.54 Å². The smallest absolute Gasteiger partial charge is 0.318 e. The van der Waals surface area contributed by atoms with Gasteiger partial charge in [0.1, 0.15) is 5.92 Å². The van der Waals surface area contributed by atoms with Crippen LogP contribution in [0.2, 0.25) is 0 Å². The number of rotatable bonds is 6. The number of nitrogens with zero attached hydrogens (tertiary/aromatic N) is 1. The summed E-state index contributed by atoms with van der Waals surface area (Å²) in [5.74, 6) is -2.69. The summed E-state index contributed by atoms with van der Waals surface area (Å²) in [6.45, 7) is 4.23. The molecule has 1 heterocycles. The summed E-state index contributed by atoms with van der Waals surface area (Å²) in [6.07, 6.45) is 0.0252. The Morgan fingerprint density at radius 1 is 1.29 bits per heavy atom. The van der Waals surface area contributed by atoms with Crippen molar-refractivity contribution < 1.29 is 23.9 Å². The van der Waals surface area contributed by atoms with E-state index in [1.54, 1.807) is 11.8 Å². The zero-order valence-corrected chi connectivity index (χ0v) is 14.2. The van der Waals surface area contributed by atoms with Crippen molar-refractivity contribution in [3.8, 4) is 0 Å². The molecule has 1 fully saturated rings. The van der Waals surface area contributed by atoms with E-state index in [1.807, 2.05) is 37.3 Å². The second kappa shape index (κ2) is 7.95. The molecule has 0 radical (unpaired) electrons. The maximum Gasteiger partial charge on any atom is 0.318 e. The lowest BCUT2D eigenvalue weighted by molar-refractivity contribution is -0.152. The number of amides is 1. The van der Waals surface area contributed by atoms with Gasteiger partial charge in [0.05, 0.1) is 26.2 Å². The topological polar surface area (TPSA) is 72.9 Å². The minimum atomic E-state index is -0.953. The minimum absolute atomic E-state index is 0.0252. The average Bonchev–Trinajstić information content (AvgIpc) is 2.90. The second-order valence-corrected chi connectivity index (χ2v) is 5.85. The minimum Gasteiger partial charge on any atom is -0.468 e.